The first-order valence-electron chi connectivity index (χ1n) is 5.05. The van der Waals surface area contributed by atoms with Gasteiger partial charge >= 0.3 is 5.97 Å². The minimum absolute atomic E-state index is 0.0469. The zero-order valence-electron chi connectivity index (χ0n) is 9.16. The topological polar surface area (TPSA) is 55.8 Å². The summed E-state index contributed by atoms with van der Waals surface area (Å²) in [6, 6.07) is 0. The summed E-state index contributed by atoms with van der Waals surface area (Å²) in [6.45, 7) is 6.89. The summed E-state index contributed by atoms with van der Waals surface area (Å²) in [5.74, 6) is -0.827. The number of hydrogen-bond acceptors (Lipinski definition) is 3. The van der Waals surface area contributed by atoms with Crippen LogP contribution < -0.4 is 0 Å². The third-order valence-corrected chi connectivity index (χ3v) is 1.85. The third kappa shape index (κ3) is 6.86. The molecule has 0 aromatic carbocycles. The molecule has 4 heteroatoms. The lowest BCUT2D eigenvalue weighted by molar-refractivity contribution is -0.140. The molecule has 0 aliphatic heterocycles. The maximum absolute atomic E-state index is 10.5. The number of carboxylic acids is 1. The number of aliphatic carboxylic acids is 1. The van der Waals surface area contributed by atoms with E-state index in [1.54, 1.807) is 0 Å². The Hall–Kier alpha value is -0.610. The van der Waals surface area contributed by atoms with E-state index in [-0.39, 0.29) is 18.6 Å². The van der Waals surface area contributed by atoms with E-state index in [4.69, 9.17) is 14.6 Å². The zero-order valence-corrected chi connectivity index (χ0v) is 9.16. The van der Waals surface area contributed by atoms with Crippen molar-refractivity contribution in [1.29, 1.82) is 0 Å². The molecule has 1 N–H and O–H groups in total. The first-order valence-corrected chi connectivity index (χ1v) is 5.05. The number of carbonyl (C=O) groups is 1. The van der Waals surface area contributed by atoms with Gasteiger partial charge in [-0.15, -0.1) is 0 Å². The Balaban J connectivity index is 3.87. The average molecular weight is 204 g/mol. The van der Waals surface area contributed by atoms with Crippen molar-refractivity contribution in [1.82, 2.24) is 0 Å². The molecule has 0 heterocycles. The molecule has 0 aromatic rings. The molecule has 0 bridgehead atoms. The molecule has 0 radical (unpaired) electrons. The zero-order chi connectivity index (χ0) is 11.0. The van der Waals surface area contributed by atoms with Crippen LogP contribution in [0.1, 0.15) is 33.6 Å². The monoisotopic (exact) mass is 204 g/mol. The van der Waals surface area contributed by atoms with Gasteiger partial charge < -0.3 is 14.6 Å². The number of ether oxygens (including phenoxy) is 2. The van der Waals surface area contributed by atoms with Crippen molar-refractivity contribution in [2.75, 3.05) is 13.2 Å². The standard InChI is InChI=1S/C10H20O4/c1-4-13-8(3)6-9(14-5-2)7-10(11)12/h8-9H,4-7H2,1-3H3,(H,11,12). The second-order valence-electron chi connectivity index (χ2n) is 3.18. The molecule has 0 amide bonds. The fraction of sp³-hybridized carbons (Fsp3) is 0.900. The summed E-state index contributed by atoms with van der Waals surface area (Å²) in [5.41, 5.74) is 0. The van der Waals surface area contributed by atoms with Gasteiger partial charge in [0.05, 0.1) is 18.6 Å². The number of hydrogen-bond donors (Lipinski definition) is 1. The van der Waals surface area contributed by atoms with Crippen LogP contribution in [0.3, 0.4) is 0 Å². The van der Waals surface area contributed by atoms with Crippen molar-refractivity contribution < 1.29 is 19.4 Å². The predicted octanol–water partition coefficient (Wildman–Crippen LogP) is 1.68. The third-order valence-electron chi connectivity index (χ3n) is 1.85. The molecular formula is C10H20O4. The molecule has 0 spiro atoms. The van der Waals surface area contributed by atoms with Gasteiger partial charge in [0.2, 0.25) is 0 Å². The van der Waals surface area contributed by atoms with Crippen LogP contribution >= 0.6 is 0 Å². The summed E-state index contributed by atoms with van der Waals surface area (Å²) >= 11 is 0. The molecule has 2 atom stereocenters. The van der Waals surface area contributed by atoms with Crippen molar-refractivity contribution >= 4 is 5.97 Å². The molecule has 2 unspecified atom stereocenters. The van der Waals surface area contributed by atoms with Crippen molar-refractivity contribution in [3.05, 3.63) is 0 Å². The maximum Gasteiger partial charge on any atom is 0.305 e. The number of carboxylic acid groups (broad SMARTS) is 1. The SMILES string of the molecule is CCOC(C)CC(CC(=O)O)OCC. The van der Waals surface area contributed by atoms with E-state index in [2.05, 4.69) is 0 Å². The lowest BCUT2D eigenvalue weighted by atomic mass is 10.1. The molecule has 0 rings (SSSR count). The molecule has 0 saturated carbocycles. The summed E-state index contributed by atoms with van der Waals surface area (Å²) in [4.78, 5) is 10.5. The van der Waals surface area contributed by atoms with Gasteiger partial charge in [0, 0.05) is 19.6 Å². The molecule has 0 fully saturated rings. The predicted molar refractivity (Wildman–Crippen MR) is 53.4 cm³/mol. The van der Waals surface area contributed by atoms with Crippen molar-refractivity contribution in [3.63, 3.8) is 0 Å². The molecular weight excluding hydrogens is 184 g/mol. The Labute approximate surface area is 85.2 Å². The molecule has 0 aromatic heterocycles. The minimum Gasteiger partial charge on any atom is -0.481 e. The van der Waals surface area contributed by atoms with Crippen molar-refractivity contribution in [2.45, 2.75) is 45.8 Å². The van der Waals surface area contributed by atoms with Crippen molar-refractivity contribution in [2.24, 2.45) is 0 Å². The van der Waals surface area contributed by atoms with Gasteiger partial charge in [0.1, 0.15) is 0 Å². The summed E-state index contributed by atoms with van der Waals surface area (Å²) in [7, 11) is 0. The lowest BCUT2D eigenvalue weighted by Gasteiger charge is -2.19. The highest BCUT2D eigenvalue weighted by molar-refractivity contribution is 5.67. The molecule has 14 heavy (non-hydrogen) atoms. The quantitative estimate of drug-likeness (QED) is 0.653. The van der Waals surface area contributed by atoms with E-state index < -0.39 is 5.97 Å². The van der Waals surface area contributed by atoms with Gasteiger partial charge in [0.15, 0.2) is 0 Å². The van der Waals surface area contributed by atoms with E-state index >= 15 is 0 Å². The summed E-state index contributed by atoms with van der Waals surface area (Å²) in [5, 5.41) is 8.63. The van der Waals surface area contributed by atoms with Crippen LogP contribution in [-0.4, -0.2) is 36.5 Å². The van der Waals surface area contributed by atoms with Gasteiger partial charge in [-0.1, -0.05) is 0 Å². The molecule has 0 aliphatic rings. The average Bonchev–Trinajstić information content (AvgIpc) is 2.03. The molecule has 4 nitrogen and oxygen atoms in total. The minimum atomic E-state index is -0.827. The Morgan fingerprint density at radius 3 is 2.29 bits per heavy atom. The van der Waals surface area contributed by atoms with Crippen LogP contribution in [0.25, 0.3) is 0 Å². The van der Waals surface area contributed by atoms with Gasteiger partial charge in [-0.3, -0.25) is 4.79 Å². The Morgan fingerprint density at radius 2 is 1.86 bits per heavy atom. The first-order chi connectivity index (χ1) is 6.60. The van der Waals surface area contributed by atoms with E-state index in [1.165, 1.54) is 0 Å². The second kappa shape index (κ2) is 7.76. The van der Waals surface area contributed by atoms with E-state index in [1.807, 2.05) is 20.8 Å². The molecule has 0 saturated heterocycles. The Bertz CT molecular complexity index is 158. The Morgan fingerprint density at radius 1 is 1.29 bits per heavy atom. The summed E-state index contributed by atoms with van der Waals surface area (Å²) in [6.07, 6.45) is 0.495. The van der Waals surface area contributed by atoms with Crippen LogP contribution in [-0.2, 0) is 14.3 Å². The summed E-state index contributed by atoms with van der Waals surface area (Å²) < 4.78 is 10.6. The normalized spacial score (nSPS) is 15.1. The van der Waals surface area contributed by atoms with Crippen LogP contribution in [0.4, 0.5) is 0 Å². The molecule has 0 aliphatic carbocycles. The van der Waals surface area contributed by atoms with E-state index in [0.29, 0.717) is 19.6 Å². The highest BCUT2D eigenvalue weighted by Gasteiger charge is 2.16. The molecule has 84 valence electrons. The van der Waals surface area contributed by atoms with Gasteiger partial charge in [-0.2, -0.15) is 0 Å². The fourth-order valence-corrected chi connectivity index (χ4v) is 1.36. The fourth-order valence-electron chi connectivity index (χ4n) is 1.36. The number of rotatable bonds is 8. The largest absolute Gasteiger partial charge is 0.481 e. The van der Waals surface area contributed by atoms with Crippen LogP contribution in [0, 0.1) is 0 Å². The highest BCUT2D eigenvalue weighted by Crippen LogP contribution is 2.09. The second-order valence-corrected chi connectivity index (χ2v) is 3.18. The van der Waals surface area contributed by atoms with Crippen LogP contribution in [0.5, 0.6) is 0 Å². The first kappa shape index (κ1) is 13.4. The van der Waals surface area contributed by atoms with Gasteiger partial charge in [-0.05, 0) is 20.8 Å². The van der Waals surface area contributed by atoms with Gasteiger partial charge in [0.25, 0.3) is 0 Å². The Kier molecular flexibility index (Phi) is 7.42. The maximum atomic E-state index is 10.5. The van der Waals surface area contributed by atoms with Crippen molar-refractivity contribution in [3.8, 4) is 0 Å². The van der Waals surface area contributed by atoms with E-state index in [0.717, 1.165) is 0 Å². The van der Waals surface area contributed by atoms with Gasteiger partial charge in [-0.25, -0.2) is 0 Å². The van der Waals surface area contributed by atoms with Crippen LogP contribution in [0.15, 0.2) is 0 Å². The van der Waals surface area contributed by atoms with Crippen LogP contribution in [0.2, 0.25) is 0 Å². The van der Waals surface area contributed by atoms with E-state index in [9.17, 15) is 4.79 Å². The lowest BCUT2D eigenvalue weighted by Crippen LogP contribution is -2.24. The highest BCUT2D eigenvalue weighted by atomic mass is 16.5. The smallest absolute Gasteiger partial charge is 0.305 e.